The molecule has 5 heteroatoms. The second-order valence-electron chi connectivity index (χ2n) is 8.30. The number of carbonyl (C=O) groups is 2. The molecule has 0 radical (unpaired) electrons. The first-order valence-electron chi connectivity index (χ1n) is 8.69. The SMILES string of the molecule is COC(=O)C1=C(C(=O)OC)[C@H]2C3(CC3)[C@H]1[C@]13O[C@@]21[C@H]1CC[C@H]3C1. The monoisotopic (exact) mass is 316 g/mol. The summed E-state index contributed by atoms with van der Waals surface area (Å²) >= 11 is 0. The van der Waals surface area contributed by atoms with Gasteiger partial charge < -0.3 is 14.2 Å². The van der Waals surface area contributed by atoms with Crippen LogP contribution in [0.15, 0.2) is 11.1 Å². The number of methoxy groups -OCH3 is 2. The lowest BCUT2D eigenvalue weighted by molar-refractivity contribution is -0.140. The van der Waals surface area contributed by atoms with Crippen LogP contribution in [0.25, 0.3) is 0 Å². The van der Waals surface area contributed by atoms with Gasteiger partial charge in [0.25, 0.3) is 0 Å². The molecular weight excluding hydrogens is 296 g/mol. The fourth-order valence-corrected chi connectivity index (χ4v) is 7.59. The first-order valence-corrected chi connectivity index (χ1v) is 8.69. The van der Waals surface area contributed by atoms with E-state index in [0.717, 1.165) is 12.8 Å². The number of carbonyl (C=O) groups excluding carboxylic acids is 2. The number of epoxide rings is 1. The van der Waals surface area contributed by atoms with Gasteiger partial charge in [-0.3, -0.25) is 0 Å². The second kappa shape index (κ2) is 3.37. The van der Waals surface area contributed by atoms with Gasteiger partial charge in [-0.1, -0.05) is 0 Å². The molecule has 6 atom stereocenters. The molecule has 1 saturated heterocycles. The Hall–Kier alpha value is -1.36. The Morgan fingerprint density at radius 2 is 1.43 bits per heavy atom. The standard InChI is InChI=1S/C18H20O5/c1-21-14(19)10-11(15(20)22-2)13-16(5-6-16)12(10)17-8-3-4-9(7-8)18(13,17)23-17/h8-9,12-13H,3-7H2,1-2H3/t8-,9-,12-,13-,17-,18-/m0/s1. The first kappa shape index (κ1) is 13.0. The molecule has 6 rings (SSSR count). The van der Waals surface area contributed by atoms with Crippen LogP contribution in [0.2, 0.25) is 0 Å². The van der Waals surface area contributed by atoms with E-state index in [0.29, 0.717) is 23.0 Å². The quantitative estimate of drug-likeness (QED) is 0.572. The average Bonchev–Trinajstić information content (AvgIpc) is 3.34. The van der Waals surface area contributed by atoms with E-state index in [1.807, 2.05) is 0 Å². The summed E-state index contributed by atoms with van der Waals surface area (Å²) < 4.78 is 16.6. The van der Waals surface area contributed by atoms with Gasteiger partial charge in [0, 0.05) is 11.8 Å². The van der Waals surface area contributed by atoms with Crippen molar-refractivity contribution >= 4 is 11.9 Å². The predicted molar refractivity (Wildman–Crippen MR) is 77.1 cm³/mol. The smallest absolute Gasteiger partial charge is 0.334 e. The second-order valence-corrected chi connectivity index (χ2v) is 8.30. The van der Waals surface area contributed by atoms with Gasteiger partial charge in [0.1, 0.15) is 11.2 Å². The summed E-state index contributed by atoms with van der Waals surface area (Å²) in [6.45, 7) is 0. The topological polar surface area (TPSA) is 65.1 Å². The number of hydrogen-bond acceptors (Lipinski definition) is 5. The van der Waals surface area contributed by atoms with Crippen molar-refractivity contribution < 1.29 is 23.8 Å². The van der Waals surface area contributed by atoms with Crippen LogP contribution < -0.4 is 0 Å². The maximum atomic E-state index is 12.6. The molecule has 5 aliphatic carbocycles. The molecule has 6 aliphatic rings. The highest BCUT2D eigenvalue weighted by Gasteiger charge is 2.99. The highest BCUT2D eigenvalue weighted by atomic mass is 16.6. The number of esters is 2. The van der Waals surface area contributed by atoms with E-state index in [-0.39, 0.29) is 40.4 Å². The molecule has 0 aromatic heterocycles. The van der Waals surface area contributed by atoms with Gasteiger partial charge in [-0.15, -0.1) is 0 Å². The summed E-state index contributed by atoms with van der Waals surface area (Å²) in [5.41, 5.74) is 0.910. The van der Waals surface area contributed by atoms with E-state index < -0.39 is 0 Å². The van der Waals surface area contributed by atoms with E-state index in [2.05, 4.69) is 0 Å². The third-order valence-corrected chi connectivity index (χ3v) is 8.07. The molecule has 0 amide bonds. The largest absolute Gasteiger partial charge is 0.466 e. The lowest BCUT2D eigenvalue weighted by Gasteiger charge is -2.29. The predicted octanol–water partition coefficient (Wildman–Crippen LogP) is 1.61. The number of rotatable bonds is 2. The van der Waals surface area contributed by atoms with Gasteiger partial charge in [0.15, 0.2) is 0 Å². The molecule has 0 N–H and O–H groups in total. The van der Waals surface area contributed by atoms with Crippen LogP contribution in [0.3, 0.4) is 0 Å². The van der Waals surface area contributed by atoms with E-state index >= 15 is 0 Å². The van der Waals surface area contributed by atoms with Gasteiger partial charge >= 0.3 is 11.9 Å². The van der Waals surface area contributed by atoms with E-state index in [1.54, 1.807) is 0 Å². The highest BCUT2D eigenvalue weighted by Crippen LogP contribution is 2.93. The molecule has 0 aromatic rings. The Morgan fingerprint density at radius 3 is 1.83 bits per heavy atom. The van der Waals surface area contributed by atoms with E-state index in [1.165, 1.54) is 33.5 Å². The number of ether oxygens (including phenoxy) is 3. The Kier molecular flexibility index (Phi) is 1.90. The van der Waals surface area contributed by atoms with Crippen LogP contribution in [0, 0.1) is 29.1 Å². The lowest BCUT2D eigenvalue weighted by Crippen LogP contribution is -2.42. The summed E-state index contributed by atoms with van der Waals surface area (Å²) in [4.78, 5) is 25.1. The minimum atomic E-state index is -0.356. The zero-order valence-electron chi connectivity index (χ0n) is 13.4. The Balaban J connectivity index is 1.61. The highest BCUT2D eigenvalue weighted by molar-refractivity contribution is 6.04. The molecule has 1 aliphatic heterocycles. The maximum Gasteiger partial charge on any atom is 0.334 e. The van der Waals surface area contributed by atoms with Crippen molar-refractivity contribution in [2.45, 2.75) is 43.3 Å². The van der Waals surface area contributed by atoms with Crippen molar-refractivity contribution in [1.82, 2.24) is 0 Å². The summed E-state index contributed by atoms with van der Waals surface area (Å²) in [6.07, 6.45) is 5.79. The van der Waals surface area contributed by atoms with Crippen molar-refractivity contribution in [2.75, 3.05) is 14.2 Å². The Bertz CT molecular complexity index is 665. The van der Waals surface area contributed by atoms with Gasteiger partial charge in [-0.25, -0.2) is 9.59 Å². The van der Waals surface area contributed by atoms with Crippen LogP contribution in [0.1, 0.15) is 32.1 Å². The van der Waals surface area contributed by atoms with Gasteiger partial charge in [0.05, 0.1) is 25.4 Å². The summed E-state index contributed by atoms with van der Waals surface area (Å²) in [7, 11) is 2.80. The van der Waals surface area contributed by atoms with Crippen LogP contribution in [0.5, 0.6) is 0 Å². The molecule has 122 valence electrons. The van der Waals surface area contributed by atoms with Crippen LogP contribution in [0.4, 0.5) is 0 Å². The van der Waals surface area contributed by atoms with Crippen LogP contribution in [-0.2, 0) is 23.8 Å². The lowest BCUT2D eigenvalue weighted by atomic mass is 9.69. The molecule has 0 unspecified atom stereocenters. The Labute approximate surface area is 134 Å². The summed E-state index contributed by atoms with van der Waals surface area (Å²) in [6, 6.07) is 0. The molecule has 1 spiro atoms. The van der Waals surface area contributed by atoms with E-state index in [9.17, 15) is 9.59 Å². The van der Waals surface area contributed by atoms with Gasteiger partial charge in [-0.2, -0.15) is 0 Å². The molecule has 5 fully saturated rings. The zero-order chi connectivity index (χ0) is 15.8. The summed E-state index contributed by atoms with van der Waals surface area (Å²) in [5, 5.41) is 0. The maximum absolute atomic E-state index is 12.6. The molecular formula is C18H20O5. The molecule has 4 bridgehead atoms. The number of hydrogen-bond donors (Lipinski definition) is 0. The third-order valence-electron chi connectivity index (χ3n) is 8.07. The zero-order valence-corrected chi connectivity index (χ0v) is 13.4. The first-order chi connectivity index (χ1) is 11.1. The average molecular weight is 316 g/mol. The van der Waals surface area contributed by atoms with Crippen LogP contribution >= 0.6 is 0 Å². The summed E-state index contributed by atoms with van der Waals surface area (Å²) in [5.74, 6) is 0.502. The molecule has 5 nitrogen and oxygen atoms in total. The molecule has 0 aromatic carbocycles. The van der Waals surface area contributed by atoms with Crippen molar-refractivity contribution in [3.63, 3.8) is 0 Å². The van der Waals surface area contributed by atoms with E-state index in [4.69, 9.17) is 14.2 Å². The van der Waals surface area contributed by atoms with Crippen molar-refractivity contribution in [3.8, 4) is 0 Å². The van der Waals surface area contributed by atoms with Gasteiger partial charge in [-0.05, 0) is 49.4 Å². The van der Waals surface area contributed by atoms with Crippen molar-refractivity contribution in [2.24, 2.45) is 29.1 Å². The minimum absolute atomic E-state index is 0.0526. The number of fused-ring (bicyclic) bond motifs is 2. The molecule has 23 heavy (non-hydrogen) atoms. The Morgan fingerprint density at radius 1 is 0.957 bits per heavy atom. The third kappa shape index (κ3) is 0.978. The fraction of sp³-hybridized carbons (Fsp3) is 0.778. The fourth-order valence-electron chi connectivity index (χ4n) is 7.59. The van der Waals surface area contributed by atoms with Crippen LogP contribution in [-0.4, -0.2) is 37.4 Å². The van der Waals surface area contributed by atoms with Crippen molar-refractivity contribution in [3.05, 3.63) is 11.1 Å². The van der Waals surface area contributed by atoms with Gasteiger partial charge in [0.2, 0.25) is 0 Å². The molecule has 4 saturated carbocycles. The minimum Gasteiger partial charge on any atom is -0.466 e. The molecule has 1 heterocycles. The van der Waals surface area contributed by atoms with Crippen molar-refractivity contribution in [1.29, 1.82) is 0 Å². The normalized spacial score (nSPS) is 51.7.